The number of ether oxygens (including phenoxy) is 6. The van der Waals surface area contributed by atoms with Gasteiger partial charge in [0, 0.05) is 16.9 Å². The Kier molecular flexibility index (Phi) is 14.7. The van der Waals surface area contributed by atoms with Crippen molar-refractivity contribution in [2.45, 2.75) is 200 Å². The van der Waals surface area contributed by atoms with Crippen LogP contribution in [0.2, 0.25) is 0 Å². The molecule has 0 aliphatic carbocycles. The molecular formula is C46H76O8. The molecule has 0 radical (unpaired) electrons. The van der Waals surface area contributed by atoms with E-state index in [9.17, 15) is 9.59 Å². The van der Waals surface area contributed by atoms with E-state index in [2.05, 4.69) is 0 Å². The van der Waals surface area contributed by atoms with Gasteiger partial charge in [-0.05, 0) is 143 Å². The smallest absolute Gasteiger partial charge is 0.204 e. The van der Waals surface area contributed by atoms with Gasteiger partial charge in [-0.2, -0.15) is 0 Å². The molecule has 0 N–H and O–H groups in total. The van der Waals surface area contributed by atoms with E-state index in [1.165, 1.54) is 0 Å². The Morgan fingerprint density at radius 2 is 0.630 bits per heavy atom. The molecule has 54 heavy (non-hydrogen) atoms. The summed E-state index contributed by atoms with van der Waals surface area (Å²) in [6.45, 7) is 46.8. The zero-order chi connectivity index (χ0) is 42.8. The van der Waals surface area contributed by atoms with Gasteiger partial charge in [0.25, 0.3) is 0 Å². The van der Waals surface area contributed by atoms with Crippen LogP contribution in [0.4, 0.5) is 0 Å². The molecule has 0 saturated heterocycles. The monoisotopic (exact) mass is 757 g/mol. The summed E-state index contributed by atoms with van der Waals surface area (Å²) in [6, 6.07) is 7.14. The van der Waals surface area contributed by atoms with Gasteiger partial charge in [0.2, 0.25) is 5.75 Å². The fourth-order valence-electron chi connectivity index (χ4n) is 4.70. The third kappa shape index (κ3) is 17.4. The van der Waals surface area contributed by atoms with Crippen molar-refractivity contribution in [2.24, 2.45) is 10.8 Å². The highest BCUT2D eigenvalue weighted by Crippen LogP contribution is 2.46. The van der Waals surface area contributed by atoms with E-state index in [-0.39, 0.29) is 11.6 Å². The minimum atomic E-state index is -0.540. The van der Waals surface area contributed by atoms with Crippen molar-refractivity contribution in [3.05, 3.63) is 35.4 Å². The van der Waals surface area contributed by atoms with Crippen LogP contribution in [0.5, 0.6) is 34.5 Å². The van der Waals surface area contributed by atoms with Crippen molar-refractivity contribution >= 4 is 11.6 Å². The Balaban J connectivity index is 0.000000540. The number of benzene rings is 2. The largest absolute Gasteiger partial charge is 0.487 e. The number of ketones is 2. The SMILES string of the molecule is CC(C)(C)Oc1cc(OC(C)(C)C)c(C(=O)C(C)(C)C)cc1OC(C)(C)C.CC(C)(C)Oc1ccc(C(=O)C(C)(C)C)c(OC(C)(C)C)c1OC(C)(C)C. The van der Waals surface area contributed by atoms with Crippen LogP contribution in [0.3, 0.4) is 0 Å². The summed E-state index contributed by atoms with van der Waals surface area (Å²) >= 11 is 0. The maximum absolute atomic E-state index is 13.1. The maximum Gasteiger partial charge on any atom is 0.204 e. The van der Waals surface area contributed by atoms with Crippen LogP contribution < -0.4 is 28.4 Å². The third-order valence-electron chi connectivity index (χ3n) is 6.45. The van der Waals surface area contributed by atoms with E-state index in [0.717, 1.165) is 0 Å². The maximum atomic E-state index is 13.1. The third-order valence-corrected chi connectivity index (χ3v) is 6.45. The van der Waals surface area contributed by atoms with E-state index in [1.54, 1.807) is 24.3 Å². The second kappa shape index (κ2) is 16.4. The van der Waals surface area contributed by atoms with Crippen LogP contribution in [-0.4, -0.2) is 45.2 Å². The van der Waals surface area contributed by atoms with Crippen LogP contribution in [0.25, 0.3) is 0 Å². The molecule has 8 heteroatoms. The second-order valence-corrected chi connectivity index (χ2v) is 22.0. The molecule has 0 saturated carbocycles. The zero-order valence-corrected chi connectivity index (χ0v) is 38.6. The molecule has 0 fully saturated rings. The number of carbonyl (C=O) groups is 2. The second-order valence-electron chi connectivity index (χ2n) is 22.0. The Morgan fingerprint density at radius 3 is 0.981 bits per heavy atom. The molecule has 0 unspecified atom stereocenters. The molecule has 0 bridgehead atoms. The number of hydrogen-bond acceptors (Lipinski definition) is 8. The molecule has 0 amide bonds. The number of carbonyl (C=O) groups excluding carboxylic acids is 2. The van der Waals surface area contributed by atoms with Crippen molar-refractivity contribution in [2.75, 3.05) is 0 Å². The standard InChI is InChI=1S/2C23H38O4/c1-20(2,3)19(24)15-13-17(26-22(7,8)9)18(27-23(10,11)12)14-16(15)25-21(4,5)6;1-20(2,3)19(24)15-13-14-16(25-21(4,5)6)18(27-23(10,11)12)17(15)26-22(7,8)9/h2*13-14H,1-12H3. The van der Waals surface area contributed by atoms with Crippen molar-refractivity contribution in [1.82, 2.24) is 0 Å². The minimum Gasteiger partial charge on any atom is -0.487 e. The Morgan fingerprint density at radius 1 is 0.333 bits per heavy atom. The van der Waals surface area contributed by atoms with E-state index in [0.29, 0.717) is 45.6 Å². The van der Waals surface area contributed by atoms with Gasteiger partial charge in [-0.15, -0.1) is 0 Å². The average Bonchev–Trinajstić information content (AvgIpc) is 2.86. The van der Waals surface area contributed by atoms with Crippen LogP contribution >= 0.6 is 0 Å². The summed E-state index contributed by atoms with van der Waals surface area (Å²) < 4.78 is 37.1. The van der Waals surface area contributed by atoms with Gasteiger partial charge >= 0.3 is 0 Å². The molecular weight excluding hydrogens is 680 g/mol. The first-order valence-corrected chi connectivity index (χ1v) is 19.2. The molecule has 308 valence electrons. The average molecular weight is 757 g/mol. The van der Waals surface area contributed by atoms with Gasteiger partial charge in [0.1, 0.15) is 39.4 Å². The van der Waals surface area contributed by atoms with Crippen molar-refractivity contribution in [1.29, 1.82) is 0 Å². The minimum absolute atomic E-state index is 0.00261. The van der Waals surface area contributed by atoms with Crippen molar-refractivity contribution in [3.63, 3.8) is 0 Å². The van der Waals surface area contributed by atoms with E-state index >= 15 is 0 Å². The molecule has 0 atom stereocenters. The molecule has 8 nitrogen and oxygen atoms in total. The zero-order valence-electron chi connectivity index (χ0n) is 38.6. The summed E-state index contributed by atoms with van der Waals surface area (Å²) in [7, 11) is 0. The van der Waals surface area contributed by atoms with Gasteiger partial charge in [-0.25, -0.2) is 0 Å². The van der Waals surface area contributed by atoms with Crippen LogP contribution in [0.1, 0.15) is 187 Å². The van der Waals surface area contributed by atoms with Crippen molar-refractivity contribution < 1.29 is 38.0 Å². The molecule has 0 aromatic heterocycles. The molecule has 0 heterocycles. The summed E-state index contributed by atoms with van der Waals surface area (Å²) in [5.41, 5.74) is -2.73. The van der Waals surface area contributed by atoms with Gasteiger partial charge in [0.15, 0.2) is 34.6 Å². The summed E-state index contributed by atoms with van der Waals surface area (Å²) in [5.74, 6) is 3.13. The van der Waals surface area contributed by atoms with Crippen LogP contribution in [0.15, 0.2) is 24.3 Å². The van der Waals surface area contributed by atoms with E-state index in [4.69, 9.17) is 28.4 Å². The molecule has 0 aliphatic rings. The number of Topliss-reactive ketones (excluding diaryl/α,β-unsaturated/α-hetero) is 2. The van der Waals surface area contributed by atoms with E-state index in [1.807, 2.05) is 166 Å². The lowest BCUT2D eigenvalue weighted by atomic mass is 9.86. The van der Waals surface area contributed by atoms with Gasteiger partial charge in [-0.3, -0.25) is 9.59 Å². The molecule has 2 rings (SSSR count). The molecule has 2 aromatic rings. The number of hydrogen-bond donors (Lipinski definition) is 0. The predicted octanol–water partition coefficient (Wildman–Crippen LogP) is 12.9. The highest BCUT2D eigenvalue weighted by molar-refractivity contribution is 6.03. The summed E-state index contributed by atoms with van der Waals surface area (Å²) in [4.78, 5) is 26.2. The Labute approximate surface area is 329 Å². The fraction of sp³-hybridized carbons (Fsp3) is 0.696. The van der Waals surface area contributed by atoms with Crippen LogP contribution in [-0.2, 0) is 0 Å². The topological polar surface area (TPSA) is 89.5 Å². The molecule has 0 aliphatic heterocycles. The number of rotatable bonds is 8. The molecule has 2 aromatic carbocycles. The summed E-state index contributed by atoms with van der Waals surface area (Å²) in [6.07, 6.45) is 0. The van der Waals surface area contributed by atoms with Crippen LogP contribution in [0, 0.1) is 10.8 Å². The van der Waals surface area contributed by atoms with Gasteiger partial charge in [-0.1, -0.05) is 41.5 Å². The first kappa shape index (κ1) is 48.6. The van der Waals surface area contributed by atoms with E-state index < -0.39 is 44.4 Å². The lowest BCUT2D eigenvalue weighted by Gasteiger charge is -2.32. The first-order valence-electron chi connectivity index (χ1n) is 19.2. The first-order chi connectivity index (χ1) is 23.6. The lowest BCUT2D eigenvalue weighted by molar-refractivity contribution is 0.0731. The Bertz CT molecular complexity index is 1550. The quantitative estimate of drug-likeness (QED) is 0.246. The highest BCUT2D eigenvalue weighted by Gasteiger charge is 2.34. The lowest BCUT2D eigenvalue weighted by Crippen LogP contribution is -2.30. The predicted molar refractivity (Wildman–Crippen MR) is 223 cm³/mol. The normalized spacial score (nSPS) is 13.3. The van der Waals surface area contributed by atoms with Gasteiger partial charge in [0.05, 0.1) is 11.1 Å². The fourth-order valence-corrected chi connectivity index (χ4v) is 4.70. The van der Waals surface area contributed by atoms with Gasteiger partial charge < -0.3 is 28.4 Å². The highest BCUT2D eigenvalue weighted by atomic mass is 16.6. The summed E-state index contributed by atoms with van der Waals surface area (Å²) in [5, 5.41) is 0. The Hall–Kier alpha value is -3.42. The van der Waals surface area contributed by atoms with Crippen molar-refractivity contribution in [3.8, 4) is 34.5 Å². The molecule has 0 spiro atoms.